The molecule has 0 aliphatic heterocycles. The number of carbonyl (C=O) groups excluding carboxylic acids is 1. The Hall–Kier alpha value is -3.21. The molecule has 0 bridgehead atoms. The average Bonchev–Trinajstić information content (AvgIpc) is 3.31. The van der Waals surface area contributed by atoms with Gasteiger partial charge in [0.05, 0.1) is 11.3 Å². The number of anilines is 2. The highest BCUT2D eigenvalue weighted by atomic mass is 32.1. The molecule has 7 heteroatoms. The van der Waals surface area contributed by atoms with Gasteiger partial charge in [0.25, 0.3) is 5.91 Å². The van der Waals surface area contributed by atoms with E-state index in [1.54, 1.807) is 0 Å². The third-order valence-corrected chi connectivity index (χ3v) is 7.91. The van der Waals surface area contributed by atoms with Gasteiger partial charge in [-0.25, -0.2) is 4.98 Å². The molecule has 1 aromatic carbocycles. The highest BCUT2D eigenvalue weighted by Crippen LogP contribution is 2.45. The normalized spacial score (nSPS) is 12.3. The summed E-state index contributed by atoms with van der Waals surface area (Å²) in [6, 6.07) is 14.5. The third-order valence-electron chi connectivity index (χ3n) is 5.62. The minimum absolute atomic E-state index is 0.291. The van der Waals surface area contributed by atoms with Crippen molar-refractivity contribution in [2.45, 2.75) is 32.6 Å². The van der Waals surface area contributed by atoms with Gasteiger partial charge in [-0.05, 0) is 48.1 Å². The first-order chi connectivity index (χ1) is 15.1. The molecule has 5 nitrogen and oxygen atoms in total. The lowest BCUT2D eigenvalue weighted by Crippen LogP contribution is -2.12. The summed E-state index contributed by atoms with van der Waals surface area (Å²) in [5, 5.41) is 14.2. The van der Waals surface area contributed by atoms with Crippen molar-refractivity contribution in [1.29, 1.82) is 5.26 Å². The lowest BCUT2D eigenvalue weighted by molar-refractivity contribution is 0.103. The maximum atomic E-state index is 13.1. The van der Waals surface area contributed by atoms with Crippen LogP contribution in [0.15, 0.2) is 36.4 Å². The second-order valence-corrected chi connectivity index (χ2v) is 9.61. The van der Waals surface area contributed by atoms with E-state index in [2.05, 4.69) is 35.4 Å². The fraction of sp³-hybridized carbons (Fsp3) is 0.208. The van der Waals surface area contributed by atoms with Crippen molar-refractivity contribution < 1.29 is 4.79 Å². The Labute approximate surface area is 188 Å². The van der Waals surface area contributed by atoms with Gasteiger partial charge < -0.3 is 11.1 Å². The predicted octanol–water partition coefficient (Wildman–Crippen LogP) is 5.78. The molecule has 4 aromatic rings. The van der Waals surface area contributed by atoms with Crippen molar-refractivity contribution in [3.05, 3.63) is 63.7 Å². The first-order valence-corrected chi connectivity index (χ1v) is 11.9. The molecule has 0 saturated carbocycles. The van der Waals surface area contributed by atoms with Gasteiger partial charge in [0.15, 0.2) is 0 Å². The third kappa shape index (κ3) is 3.29. The van der Waals surface area contributed by atoms with Crippen LogP contribution in [0, 0.1) is 11.3 Å². The van der Waals surface area contributed by atoms with Crippen molar-refractivity contribution in [2.24, 2.45) is 0 Å². The molecule has 0 atom stereocenters. The maximum absolute atomic E-state index is 13.1. The van der Waals surface area contributed by atoms with Crippen LogP contribution in [0.3, 0.4) is 0 Å². The summed E-state index contributed by atoms with van der Waals surface area (Å²) < 4.78 is 0. The molecule has 3 aromatic heterocycles. The zero-order valence-corrected chi connectivity index (χ0v) is 18.6. The van der Waals surface area contributed by atoms with Crippen LogP contribution in [0.2, 0.25) is 0 Å². The summed E-state index contributed by atoms with van der Waals surface area (Å²) in [6.45, 7) is 2.11. The molecule has 154 valence electrons. The number of carbonyl (C=O) groups is 1. The van der Waals surface area contributed by atoms with E-state index in [0.29, 0.717) is 21.1 Å². The van der Waals surface area contributed by atoms with E-state index in [4.69, 9.17) is 5.73 Å². The lowest BCUT2D eigenvalue weighted by atomic mass is 9.90. The summed E-state index contributed by atoms with van der Waals surface area (Å²) in [4.78, 5) is 20.1. The van der Waals surface area contributed by atoms with Gasteiger partial charge in [0, 0.05) is 16.0 Å². The largest absolute Gasteiger partial charge is 0.397 e. The molecular weight excluding hydrogens is 424 g/mol. The summed E-state index contributed by atoms with van der Waals surface area (Å²) in [5.74, 6) is -0.291. The Bertz CT molecular complexity index is 1380. The van der Waals surface area contributed by atoms with Gasteiger partial charge in [-0.2, -0.15) is 5.26 Å². The molecule has 1 aliphatic carbocycles. The molecule has 0 radical (unpaired) electrons. The zero-order chi connectivity index (χ0) is 21.5. The Morgan fingerprint density at radius 2 is 2.06 bits per heavy atom. The fourth-order valence-corrected chi connectivity index (χ4v) is 6.37. The lowest BCUT2D eigenvalue weighted by Gasteiger charge is -2.15. The van der Waals surface area contributed by atoms with Crippen LogP contribution >= 0.6 is 22.7 Å². The number of pyridine rings is 1. The van der Waals surface area contributed by atoms with Crippen molar-refractivity contribution in [2.75, 3.05) is 11.1 Å². The van der Waals surface area contributed by atoms with E-state index in [1.807, 2.05) is 24.3 Å². The van der Waals surface area contributed by atoms with Gasteiger partial charge in [-0.3, -0.25) is 4.79 Å². The fourth-order valence-electron chi connectivity index (χ4n) is 4.11. The van der Waals surface area contributed by atoms with E-state index in [0.717, 1.165) is 57.6 Å². The average molecular weight is 445 g/mol. The number of hydrogen-bond acceptors (Lipinski definition) is 6. The van der Waals surface area contributed by atoms with E-state index in [1.165, 1.54) is 28.2 Å². The van der Waals surface area contributed by atoms with Crippen LogP contribution in [-0.4, -0.2) is 10.9 Å². The maximum Gasteiger partial charge on any atom is 0.268 e. The SMILES string of the molecule is CCCc1ccc2c(N)c(C(=O)Nc3sc4c(c3C#N)CCc3ccccc3-4)sc2n1. The Kier molecular flexibility index (Phi) is 4.97. The van der Waals surface area contributed by atoms with Crippen LogP contribution in [-0.2, 0) is 19.3 Å². The molecule has 0 spiro atoms. The molecule has 3 N–H and O–H groups in total. The molecular formula is C24H20N4OS2. The van der Waals surface area contributed by atoms with Crippen LogP contribution in [0.4, 0.5) is 10.7 Å². The molecule has 0 saturated heterocycles. The highest BCUT2D eigenvalue weighted by Gasteiger charge is 2.26. The smallest absolute Gasteiger partial charge is 0.268 e. The Balaban J connectivity index is 1.51. The van der Waals surface area contributed by atoms with Crippen molar-refractivity contribution in [3.63, 3.8) is 0 Å². The second kappa shape index (κ2) is 7.80. The predicted molar refractivity (Wildman–Crippen MR) is 128 cm³/mol. The van der Waals surface area contributed by atoms with Crippen LogP contribution in [0.1, 0.15) is 45.4 Å². The van der Waals surface area contributed by atoms with Crippen molar-refractivity contribution in [1.82, 2.24) is 4.98 Å². The molecule has 5 rings (SSSR count). The number of aryl methyl sites for hydroxylation is 2. The highest BCUT2D eigenvalue weighted by molar-refractivity contribution is 7.22. The summed E-state index contributed by atoms with van der Waals surface area (Å²) in [7, 11) is 0. The number of nitrogens with one attached hydrogen (secondary N) is 1. The number of thiophene rings is 2. The zero-order valence-electron chi connectivity index (χ0n) is 17.0. The van der Waals surface area contributed by atoms with Gasteiger partial charge in [0.1, 0.15) is 20.8 Å². The number of fused-ring (bicyclic) bond motifs is 4. The number of rotatable bonds is 4. The molecule has 0 fully saturated rings. The van der Waals surface area contributed by atoms with E-state index in [-0.39, 0.29) is 5.91 Å². The number of hydrogen-bond donors (Lipinski definition) is 2. The van der Waals surface area contributed by atoms with Gasteiger partial charge in [-0.1, -0.05) is 37.6 Å². The number of nitrogens with zero attached hydrogens (tertiary/aromatic N) is 2. The second-order valence-electron chi connectivity index (χ2n) is 7.59. The first-order valence-electron chi connectivity index (χ1n) is 10.2. The number of amides is 1. The van der Waals surface area contributed by atoms with Gasteiger partial charge in [-0.15, -0.1) is 22.7 Å². The van der Waals surface area contributed by atoms with E-state index >= 15 is 0 Å². The monoisotopic (exact) mass is 444 g/mol. The minimum atomic E-state index is -0.291. The van der Waals surface area contributed by atoms with Crippen LogP contribution in [0.5, 0.6) is 0 Å². The molecule has 1 aliphatic rings. The van der Waals surface area contributed by atoms with Gasteiger partial charge >= 0.3 is 0 Å². The number of nitrogen functional groups attached to an aromatic ring is 1. The number of benzene rings is 1. The summed E-state index contributed by atoms with van der Waals surface area (Å²) >= 11 is 2.77. The number of aromatic nitrogens is 1. The summed E-state index contributed by atoms with van der Waals surface area (Å²) in [5.41, 5.74) is 11.8. The standard InChI is InChI=1S/C24H20N4OS2/c1-2-5-14-9-11-17-19(26)21(31-23(17)27-14)22(29)28-24-18(12-25)16-10-8-13-6-3-4-7-15(13)20(16)30-24/h3-4,6-7,9,11H,2,5,8,10,26H2,1H3,(H,28,29). The van der Waals surface area contributed by atoms with E-state index in [9.17, 15) is 10.1 Å². The molecule has 3 heterocycles. The number of nitrogens with two attached hydrogens (primary N) is 1. The Morgan fingerprint density at radius 1 is 1.23 bits per heavy atom. The molecule has 0 unspecified atom stereocenters. The first kappa shape index (κ1) is 19.7. The number of nitriles is 1. The Morgan fingerprint density at radius 3 is 2.87 bits per heavy atom. The summed E-state index contributed by atoms with van der Waals surface area (Å²) in [6.07, 6.45) is 3.60. The van der Waals surface area contributed by atoms with Crippen LogP contribution < -0.4 is 11.1 Å². The van der Waals surface area contributed by atoms with Crippen molar-refractivity contribution in [3.8, 4) is 16.5 Å². The topological polar surface area (TPSA) is 91.8 Å². The van der Waals surface area contributed by atoms with Gasteiger partial charge in [0.2, 0.25) is 0 Å². The molecule has 31 heavy (non-hydrogen) atoms. The van der Waals surface area contributed by atoms with Crippen LogP contribution in [0.25, 0.3) is 20.7 Å². The van der Waals surface area contributed by atoms with E-state index < -0.39 is 0 Å². The van der Waals surface area contributed by atoms with Crippen molar-refractivity contribution >= 4 is 49.5 Å². The quantitative estimate of drug-likeness (QED) is 0.417. The molecule has 1 amide bonds. The minimum Gasteiger partial charge on any atom is -0.397 e.